The van der Waals surface area contributed by atoms with Crippen LogP contribution in [0.2, 0.25) is 0 Å². The van der Waals surface area contributed by atoms with E-state index >= 15 is 0 Å². The minimum Gasteiger partial charge on any atom is -0.456 e. The van der Waals surface area contributed by atoms with Crippen molar-refractivity contribution in [2.45, 2.75) is 37.5 Å². The summed E-state index contributed by atoms with van der Waals surface area (Å²) in [5.74, 6) is 0.534. The van der Waals surface area contributed by atoms with Crippen LogP contribution in [0.3, 0.4) is 0 Å². The van der Waals surface area contributed by atoms with Crippen LogP contribution in [0, 0.1) is 0 Å². The molecule has 9 nitrogen and oxygen atoms in total. The molecule has 2 N–H and O–H groups in total. The first-order chi connectivity index (χ1) is 18.5. The summed E-state index contributed by atoms with van der Waals surface area (Å²) in [6.07, 6.45) is 0. The van der Waals surface area contributed by atoms with Gasteiger partial charge in [0.1, 0.15) is 29.3 Å². The van der Waals surface area contributed by atoms with E-state index in [1.54, 1.807) is 0 Å². The van der Waals surface area contributed by atoms with Crippen molar-refractivity contribution < 1.29 is 25.8 Å². The van der Waals surface area contributed by atoms with Gasteiger partial charge in [0.05, 0.1) is 11.0 Å². The predicted molar refractivity (Wildman–Crippen MR) is 154 cm³/mol. The summed E-state index contributed by atoms with van der Waals surface area (Å²) in [4.78, 5) is 1.39. The Hall–Kier alpha value is -3.25. The molecule has 1 aliphatic carbocycles. The summed E-state index contributed by atoms with van der Waals surface area (Å²) in [7, 11) is -7.54. The molecule has 11 heteroatoms. The molecule has 39 heavy (non-hydrogen) atoms. The van der Waals surface area contributed by atoms with Crippen molar-refractivity contribution in [2.24, 2.45) is 0 Å². The molecule has 2 aromatic carbocycles. The number of hydrogen-bond acceptors (Lipinski definition) is 6. The molecule has 0 aromatic heterocycles. The van der Waals surface area contributed by atoms with E-state index in [2.05, 4.69) is 41.9 Å². The van der Waals surface area contributed by atoms with E-state index in [-0.39, 0.29) is 10.5 Å². The number of anilines is 1. The zero-order chi connectivity index (χ0) is 28.5. The molecule has 0 saturated carbocycles. The van der Waals surface area contributed by atoms with Gasteiger partial charge in [-0.15, -0.1) is 0 Å². The van der Waals surface area contributed by atoms with E-state index in [1.165, 1.54) is 19.2 Å². The molecule has 208 valence electrons. The van der Waals surface area contributed by atoms with Crippen molar-refractivity contribution in [1.29, 1.82) is 0 Å². The van der Waals surface area contributed by atoms with E-state index in [4.69, 9.17) is 4.42 Å². The van der Waals surface area contributed by atoms with Crippen LogP contribution >= 0.6 is 0 Å². The lowest BCUT2D eigenvalue weighted by molar-refractivity contribution is 0.483. The molecular formula is C28H34N3O6S2+. The van der Waals surface area contributed by atoms with Gasteiger partial charge in [0.25, 0.3) is 10.1 Å². The lowest BCUT2D eigenvalue weighted by atomic mass is 9.93. The maximum absolute atomic E-state index is 12.6. The minimum atomic E-state index is -4.81. The largest absolute Gasteiger partial charge is 0.456 e. The highest BCUT2D eigenvalue weighted by Crippen LogP contribution is 2.43. The number of nitrogens with one attached hydrogen (secondary N) is 1. The topological polar surface area (TPSA) is 120 Å². The fourth-order valence-corrected chi connectivity index (χ4v) is 6.49. The van der Waals surface area contributed by atoms with E-state index in [1.807, 2.05) is 36.4 Å². The van der Waals surface area contributed by atoms with Gasteiger partial charge in [-0.3, -0.25) is 4.55 Å². The maximum Gasteiger partial charge on any atom is 0.295 e. The standard InChI is InChI=1S/C28H33N3O6S2/c1-6-30(7-2)19-10-13-22-25(16-19)37-26-17-20(31(8-3)9-4)11-14-23(26)28(22)24-15-12-21(38(32,33)29-5)18-27(24)39(34,35)36/h10-18,29H,6-9H2,1-5H3/p+1. The van der Waals surface area contributed by atoms with Crippen LogP contribution in [0.15, 0.2) is 68.8 Å². The molecule has 0 saturated heterocycles. The summed E-state index contributed by atoms with van der Waals surface area (Å²) in [5.41, 5.74) is 2.80. The fourth-order valence-electron chi connectivity index (χ4n) is 4.94. The first-order valence-corrected chi connectivity index (χ1v) is 15.8. The second-order valence-electron chi connectivity index (χ2n) is 9.02. The molecule has 0 radical (unpaired) electrons. The van der Waals surface area contributed by atoms with Crippen LogP contribution in [0.25, 0.3) is 33.4 Å². The number of fused-ring (bicyclic) bond motifs is 2. The fraction of sp³-hybridized carbons (Fsp3) is 0.321. The Kier molecular flexibility index (Phi) is 8.17. The van der Waals surface area contributed by atoms with Crippen LogP contribution in [0.1, 0.15) is 27.7 Å². The maximum atomic E-state index is 12.6. The predicted octanol–water partition coefficient (Wildman–Crippen LogP) is 4.02. The van der Waals surface area contributed by atoms with E-state index in [9.17, 15) is 21.4 Å². The number of benzene rings is 3. The molecule has 0 unspecified atom stereocenters. The van der Waals surface area contributed by atoms with Gasteiger partial charge in [0.2, 0.25) is 15.4 Å². The van der Waals surface area contributed by atoms with Crippen LogP contribution in [-0.2, 0) is 20.1 Å². The first-order valence-electron chi connectivity index (χ1n) is 12.9. The van der Waals surface area contributed by atoms with Gasteiger partial charge in [0, 0.05) is 53.0 Å². The molecule has 0 spiro atoms. The molecular weight excluding hydrogens is 538 g/mol. The summed E-state index contributed by atoms with van der Waals surface area (Å²) in [5, 5.41) is 1.58. The van der Waals surface area contributed by atoms with Crippen molar-refractivity contribution >= 4 is 36.8 Å². The number of hydrogen-bond donors (Lipinski definition) is 2. The third-order valence-corrected chi connectivity index (χ3v) is 9.33. The Morgan fingerprint density at radius 2 is 1.54 bits per heavy atom. The Labute approximate surface area is 229 Å². The summed E-state index contributed by atoms with van der Waals surface area (Å²) >= 11 is 0. The zero-order valence-electron chi connectivity index (χ0n) is 22.7. The van der Waals surface area contributed by atoms with E-state index < -0.39 is 25.0 Å². The summed E-state index contributed by atoms with van der Waals surface area (Å²) in [6.45, 7) is 11.4. The molecule has 4 rings (SSSR count). The molecule has 2 aromatic rings. The molecule has 0 atom stereocenters. The average molecular weight is 573 g/mol. The van der Waals surface area contributed by atoms with Crippen molar-refractivity contribution in [3.8, 4) is 22.5 Å². The zero-order valence-corrected chi connectivity index (χ0v) is 24.4. The van der Waals surface area contributed by atoms with Gasteiger partial charge in [0.15, 0.2) is 0 Å². The highest BCUT2D eigenvalue weighted by molar-refractivity contribution is 7.89. The Bertz CT molecular complexity index is 1780. The first kappa shape index (κ1) is 28.8. The van der Waals surface area contributed by atoms with Gasteiger partial charge >= 0.3 is 0 Å². The van der Waals surface area contributed by atoms with Crippen molar-refractivity contribution in [2.75, 3.05) is 38.1 Å². The van der Waals surface area contributed by atoms with Gasteiger partial charge in [-0.2, -0.15) is 8.42 Å². The molecule has 1 aliphatic heterocycles. The Morgan fingerprint density at radius 1 is 0.872 bits per heavy atom. The highest BCUT2D eigenvalue weighted by atomic mass is 32.2. The average Bonchev–Trinajstić information content (AvgIpc) is 2.92. The number of nitrogens with zero attached hydrogens (tertiary/aromatic N) is 2. The highest BCUT2D eigenvalue weighted by Gasteiger charge is 2.26. The third kappa shape index (κ3) is 5.44. The molecule has 1 heterocycles. The van der Waals surface area contributed by atoms with Gasteiger partial charge in [-0.05, 0) is 65.1 Å². The lowest BCUT2D eigenvalue weighted by Gasteiger charge is -2.22. The monoisotopic (exact) mass is 572 g/mol. The molecule has 2 aliphatic rings. The Balaban J connectivity index is 2.18. The summed E-state index contributed by atoms with van der Waals surface area (Å²) in [6, 6.07) is 15.2. The van der Waals surface area contributed by atoms with Crippen molar-refractivity contribution in [3.63, 3.8) is 0 Å². The van der Waals surface area contributed by atoms with E-state index in [0.29, 0.717) is 27.9 Å². The Morgan fingerprint density at radius 3 is 2.13 bits per heavy atom. The van der Waals surface area contributed by atoms with Gasteiger partial charge < -0.3 is 9.32 Å². The van der Waals surface area contributed by atoms with Crippen LogP contribution in [0.5, 0.6) is 0 Å². The van der Waals surface area contributed by atoms with Crippen LogP contribution < -0.4 is 19.6 Å². The molecule has 0 fully saturated rings. The van der Waals surface area contributed by atoms with Crippen LogP contribution in [-0.4, -0.2) is 54.6 Å². The normalized spacial score (nSPS) is 12.3. The SMILES string of the molecule is CCN(CC)c1ccc2c(-c3ccc(S(=O)(=O)NC)cc3S(=O)(=O)O)c3ccc(=[N+](CC)CC)cc-3oc2c1. The van der Waals surface area contributed by atoms with Gasteiger partial charge in [-0.1, -0.05) is 6.07 Å². The molecule has 0 bridgehead atoms. The van der Waals surface area contributed by atoms with E-state index in [0.717, 1.165) is 43.3 Å². The number of sulfonamides is 1. The van der Waals surface area contributed by atoms with Crippen molar-refractivity contribution in [1.82, 2.24) is 9.30 Å². The third-order valence-electron chi connectivity index (χ3n) is 7.03. The quantitative estimate of drug-likeness (QED) is 0.177. The second-order valence-corrected chi connectivity index (χ2v) is 12.3. The van der Waals surface area contributed by atoms with Crippen LogP contribution in [0.4, 0.5) is 5.69 Å². The lowest BCUT2D eigenvalue weighted by Crippen LogP contribution is -2.29. The second kappa shape index (κ2) is 11.1. The molecule has 0 amide bonds. The smallest absolute Gasteiger partial charge is 0.295 e. The minimum absolute atomic E-state index is 0.171. The van der Waals surface area contributed by atoms with Crippen molar-refractivity contribution in [3.05, 3.63) is 60.0 Å². The summed E-state index contributed by atoms with van der Waals surface area (Å²) < 4.78 is 71.1. The van der Waals surface area contributed by atoms with Gasteiger partial charge in [-0.25, -0.2) is 17.7 Å². The number of rotatable bonds is 9.